The maximum atomic E-state index is 11.6. The lowest BCUT2D eigenvalue weighted by molar-refractivity contribution is 0.144. The standard InChI is InChI=1S/C21H22N4O2S/c1-2-3-10-27-21(26)23-13-20-22-12-17(25-20)14-8-9-19-16(11-14)24-15-6-4-5-7-18(15)28-19/h4-9,11-12,24H,2-3,10,13H2,1H3,(H,22,25)(H,23,26). The van der Waals surface area contributed by atoms with Gasteiger partial charge in [0.1, 0.15) is 5.82 Å². The van der Waals surface area contributed by atoms with Gasteiger partial charge in [-0.3, -0.25) is 0 Å². The number of amides is 1. The highest BCUT2D eigenvalue weighted by Crippen LogP contribution is 2.44. The second-order valence-corrected chi connectivity index (χ2v) is 7.60. The lowest BCUT2D eigenvalue weighted by Crippen LogP contribution is -2.24. The number of para-hydroxylation sites is 1. The topological polar surface area (TPSA) is 79.0 Å². The van der Waals surface area contributed by atoms with Crippen molar-refractivity contribution >= 4 is 29.2 Å². The van der Waals surface area contributed by atoms with Gasteiger partial charge in [0, 0.05) is 15.4 Å². The van der Waals surface area contributed by atoms with E-state index in [1.54, 1.807) is 18.0 Å². The van der Waals surface area contributed by atoms with Gasteiger partial charge in [-0.2, -0.15) is 0 Å². The molecule has 3 N–H and O–H groups in total. The summed E-state index contributed by atoms with van der Waals surface area (Å²) < 4.78 is 5.08. The monoisotopic (exact) mass is 394 g/mol. The van der Waals surface area contributed by atoms with Gasteiger partial charge in [-0.05, 0) is 30.7 Å². The van der Waals surface area contributed by atoms with E-state index < -0.39 is 6.09 Å². The molecular weight excluding hydrogens is 372 g/mol. The summed E-state index contributed by atoms with van der Waals surface area (Å²) in [6, 6.07) is 14.6. The number of H-pyrrole nitrogens is 1. The molecule has 4 rings (SSSR count). The summed E-state index contributed by atoms with van der Waals surface area (Å²) in [5, 5.41) is 6.21. The molecule has 0 fully saturated rings. The molecule has 7 heteroatoms. The first kappa shape index (κ1) is 18.4. The zero-order valence-corrected chi connectivity index (χ0v) is 16.4. The quantitative estimate of drug-likeness (QED) is 0.386. The molecule has 0 saturated heterocycles. The van der Waals surface area contributed by atoms with Crippen molar-refractivity contribution in [1.29, 1.82) is 0 Å². The van der Waals surface area contributed by atoms with Crippen LogP contribution in [0, 0.1) is 0 Å². The minimum atomic E-state index is -0.417. The normalized spacial score (nSPS) is 11.9. The molecule has 2 aromatic carbocycles. The maximum Gasteiger partial charge on any atom is 0.407 e. The van der Waals surface area contributed by atoms with Gasteiger partial charge in [-0.1, -0.05) is 43.3 Å². The minimum Gasteiger partial charge on any atom is -0.450 e. The van der Waals surface area contributed by atoms with Crippen molar-refractivity contribution in [3.05, 3.63) is 54.5 Å². The van der Waals surface area contributed by atoms with E-state index in [1.165, 1.54) is 9.79 Å². The molecule has 0 radical (unpaired) electrons. The molecule has 3 aromatic rings. The highest BCUT2D eigenvalue weighted by Gasteiger charge is 2.16. The number of aromatic amines is 1. The summed E-state index contributed by atoms with van der Waals surface area (Å²) in [4.78, 5) is 21.7. The van der Waals surface area contributed by atoms with Crippen LogP contribution in [0.2, 0.25) is 0 Å². The van der Waals surface area contributed by atoms with E-state index in [4.69, 9.17) is 4.74 Å². The Morgan fingerprint density at radius 3 is 2.93 bits per heavy atom. The minimum absolute atomic E-state index is 0.303. The molecule has 0 atom stereocenters. The summed E-state index contributed by atoms with van der Waals surface area (Å²) in [7, 11) is 0. The Labute approximate surface area is 168 Å². The Hall–Kier alpha value is -2.93. The second kappa shape index (κ2) is 8.39. The first-order chi connectivity index (χ1) is 13.7. The fourth-order valence-electron chi connectivity index (χ4n) is 2.92. The van der Waals surface area contributed by atoms with Gasteiger partial charge < -0.3 is 20.4 Å². The van der Waals surface area contributed by atoms with Gasteiger partial charge >= 0.3 is 6.09 Å². The van der Waals surface area contributed by atoms with E-state index in [2.05, 4.69) is 57.9 Å². The number of imidazole rings is 1. The third-order valence-corrected chi connectivity index (χ3v) is 5.58. The molecule has 1 aromatic heterocycles. The number of nitrogens with one attached hydrogen (secondary N) is 3. The van der Waals surface area contributed by atoms with Crippen LogP contribution in [-0.4, -0.2) is 22.7 Å². The van der Waals surface area contributed by atoms with E-state index >= 15 is 0 Å². The number of ether oxygens (including phenoxy) is 1. The molecule has 6 nitrogen and oxygen atoms in total. The van der Waals surface area contributed by atoms with Crippen LogP contribution in [0.15, 0.2) is 58.5 Å². The Balaban J connectivity index is 1.41. The second-order valence-electron chi connectivity index (χ2n) is 6.52. The third-order valence-electron chi connectivity index (χ3n) is 4.43. The van der Waals surface area contributed by atoms with Crippen molar-refractivity contribution in [1.82, 2.24) is 15.3 Å². The SMILES string of the molecule is CCCCOC(=O)NCc1ncc(-c2ccc3c(c2)Nc2ccccc2S3)[nH]1. The van der Waals surface area contributed by atoms with Gasteiger partial charge in [0.05, 0.1) is 36.4 Å². The Kier molecular flexibility index (Phi) is 5.53. The zero-order valence-electron chi connectivity index (χ0n) is 15.6. The Morgan fingerprint density at radius 1 is 1.18 bits per heavy atom. The molecule has 1 aliphatic heterocycles. The van der Waals surface area contributed by atoms with Crippen LogP contribution >= 0.6 is 11.8 Å². The Morgan fingerprint density at radius 2 is 2.04 bits per heavy atom. The predicted octanol–water partition coefficient (Wildman–Crippen LogP) is 5.31. The molecule has 0 bridgehead atoms. The smallest absolute Gasteiger partial charge is 0.407 e. The molecule has 2 heterocycles. The number of carbonyl (C=O) groups excluding carboxylic acids is 1. The van der Waals surface area contributed by atoms with Crippen LogP contribution in [0.1, 0.15) is 25.6 Å². The number of rotatable bonds is 6. The van der Waals surface area contributed by atoms with Crippen molar-refractivity contribution in [3.63, 3.8) is 0 Å². The summed E-state index contributed by atoms with van der Waals surface area (Å²) in [5.41, 5.74) is 4.14. The van der Waals surface area contributed by atoms with Crippen molar-refractivity contribution in [2.75, 3.05) is 11.9 Å². The predicted molar refractivity (Wildman–Crippen MR) is 111 cm³/mol. The van der Waals surface area contributed by atoms with Crippen molar-refractivity contribution in [2.24, 2.45) is 0 Å². The van der Waals surface area contributed by atoms with E-state index in [9.17, 15) is 4.79 Å². The summed E-state index contributed by atoms with van der Waals surface area (Å²) in [6.45, 7) is 2.80. The number of hydrogen-bond donors (Lipinski definition) is 3. The van der Waals surface area contributed by atoms with Crippen LogP contribution in [0.5, 0.6) is 0 Å². The molecule has 0 spiro atoms. The maximum absolute atomic E-state index is 11.6. The summed E-state index contributed by atoms with van der Waals surface area (Å²) in [6.07, 6.45) is 3.23. The first-order valence-corrected chi connectivity index (χ1v) is 10.2. The van der Waals surface area contributed by atoms with Crippen molar-refractivity contribution in [3.8, 4) is 11.3 Å². The summed E-state index contributed by atoms with van der Waals surface area (Å²) in [5.74, 6) is 0.688. The molecule has 144 valence electrons. The van der Waals surface area contributed by atoms with E-state index in [1.807, 2.05) is 12.1 Å². The average molecular weight is 394 g/mol. The molecule has 1 aliphatic rings. The third kappa shape index (κ3) is 4.14. The van der Waals surface area contributed by atoms with Crippen LogP contribution in [0.4, 0.5) is 16.2 Å². The molecule has 0 aliphatic carbocycles. The number of alkyl carbamates (subject to hydrolysis) is 1. The zero-order chi connectivity index (χ0) is 19.3. The Bertz CT molecular complexity index is 986. The number of hydrogen-bond acceptors (Lipinski definition) is 5. The largest absolute Gasteiger partial charge is 0.450 e. The lowest BCUT2D eigenvalue weighted by Gasteiger charge is -2.21. The lowest BCUT2D eigenvalue weighted by atomic mass is 10.1. The van der Waals surface area contributed by atoms with E-state index in [0.29, 0.717) is 19.0 Å². The van der Waals surface area contributed by atoms with Crippen LogP contribution in [-0.2, 0) is 11.3 Å². The fraction of sp³-hybridized carbons (Fsp3) is 0.238. The number of anilines is 2. The average Bonchev–Trinajstić information content (AvgIpc) is 3.19. The van der Waals surface area contributed by atoms with E-state index in [0.717, 1.165) is 35.5 Å². The molecule has 0 unspecified atom stereocenters. The number of carbonyl (C=O) groups is 1. The number of unbranched alkanes of at least 4 members (excludes halogenated alkanes) is 1. The van der Waals surface area contributed by atoms with Gasteiger partial charge in [0.25, 0.3) is 0 Å². The van der Waals surface area contributed by atoms with E-state index in [-0.39, 0.29) is 0 Å². The highest BCUT2D eigenvalue weighted by molar-refractivity contribution is 7.99. The summed E-state index contributed by atoms with van der Waals surface area (Å²) >= 11 is 1.76. The number of benzene rings is 2. The number of fused-ring (bicyclic) bond motifs is 2. The first-order valence-electron chi connectivity index (χ1n) is 9.36. The number of aromatic nitrogens is 2. The molecular formula is C21H22N4O2S. The van der Waals surface area contributed by atoms with Crippen LogP contribution in [0.25, 0.3) is 11.3 Å². The van der Waals surface area contributed by atoms with Crippen LogP contribution in [0.3, 0.4) is 0 Å². The number of nitrogens with zero attached hydrogens (tertiary/aromatic N) is 1. The molecule has 28 heavy (non-hydrogen) atoms. The van der Waals surface area contributed by atoms with Crippen molar-refractivity contribution < 1.29 is 9.53 Å². The van der Waals surface area contributed by atoms with Gasteiger partial charge in [-0.15, -0.1) is 0 Å². The van der Waals surface area contributed by atoms with Gasteiger partial charge in [0.15, 0.2) is 0 Å². The van der Waals surface area contributed by atoms with Crippen LogP contribution < -0.4 is 10.6 Å². The molecule has 0 saturated carbocycles. The van der Waals surface area contributed by atoms with Gasteiger partial charge in [-0.25, -0.2) is 9.78 Å². The van der Waals surface area contributed by atoms with Gasteiger partial charge in [0.2, 0.25) is 0 Å². The highest BCUT2D eigenvalue weighted by atomic mass is 32.2. The fourth-order valence-corrected chi connectivity index (χ4v) is 3.89. The van der Waals surface area contributed by atoms with Crippen molar-refractivity contribution in [2.45, 2.75) is 36.1 Å². The molecule has 1 amide bonds.